The molecule has 3 aliphatic heterocycles. The molecule has 3 atom stereocenters. The summed E-state index contributed by atoms with van der Waals surface area (Å²) in [5.41, 5.74) is 2.66. The van der Waals surface area contributed by atoms with Gasteiger partial charge in [-0.3, -0.25) is 9.69 Å². The van der Waals surface area contributed by atoms with E-state index in [9.17, 15) is 9.18 Å². The summed E-state index contributed by atoms with van der Waals surface area (Å²) in [5, 5.41) is 4.01. The number of halogens is 1. The minimum Gasteiger partial charge on any atom is -0.488 e. The summed E-state index contributed by atoms with van der Waals surface area (Å²) in [6.45, 7) is 6.41. The van der Waals surface area contributed by atoms with Crippen molar-refractivity contribution in [3.05, 3.63) is 65.8 Å². The van der Waals surface area contributed by atoms with Crippen LogP contribution in [0.3, 0.4) is 0 Å². The Morgan fingerprint density at radius 2 is 1.98 bits per heavy atom. The third-order valence-corrected chi connectivity index (χ3v) is 7.49. The Morgan fingerprint density at radius 1 is 1.15 bits per heavy atom. The van der Waals surface area contributed by atoms with Gasteiger partial charge in [0.2, 0.25) is 0 Å². The monoisotopic (exact) mass is 548 g/mol. The lowest BCUT2D eigenvalue weighted by molar-refractivity contribution is -0.116. The average molecular weight is 549 g/mol. The summed E-state index contributed by atoms with van der Waals surface area (Å²) in [4.78, 5) is 24.2. The zero-order valence-corrected chi connectivity index (χ0v) is 22.5. The maximum Gasteiger partial charge on any atom is 0.159 e. The highest BCUT2D eigenvalue weighted by Gasteiger charge is 2.35. The number of anilines is 2. The van der Waals surface area contributed by atoms with E-state index in [1.807, 2.05) is 18.2 Å². The molecule has 6 rings (SSSR count). The highest BCUT2D eigenvalue weighted by atomic mass is 19.1. The molecule has 1 N–H and O–H groups in total. The zero-order chi connectivity index (χ0) is 27.5. The molecule has 2 aromatic carbocycles. The van der Waals surface area contributed by atoms with Crippen LogP contribution in [0.25, 0.3) is 10.9 Å². The molecule has 0 aliphatic carbocycles. The molecular formula is C30H33FN4O5. The fraction of sp³-hybridized carbons (Fsp3) is 0.433. The Hall–Kier alpha value is -3.44. The van der Waals surface area contributed by atoms with E-state index in [2.05, 4.69) is 20.2 Å². The van der Waals surface area contributed by atoms with Gasteiger partial charge in [-0.2, -0.15) is 0 Å². The van der Waals surface area contributed by atoms with E-state index in [1.54, 1.807) is 25.1 Å². The Kier molecular flexibility index (Phi) is 8.01. The molecule has 210 valence electrons. The van der Waals surface area contributed by atoms with Crippen LogP contribution in [0.2, 0.25) is 0 Å². The number of allylic oxidation sites excluding steroid dienone is 1. The van der Waals surface area contributed by atoms with Crippen molar-refractivity contribution in [3.63, 3.8) is 0 Å². The van der Waals surface area contributed by atoms with Gasteiger partial charge in [0.15, 0.2) is 5.78 Å². The fourth-order valence-corrected chi connectivity index (χ4v) is 5.39. The smallest absolute Gasteiger partial charge is 0.159 e. The molecule has 0 amide bonds. The number of nitrogens with zero attached hydrogens (tertiary/aromatic N) is 3. The third kappa shape index (κ3) is 6.15. The molecule has 3 aliphatic rings. The minimum atomic E-state index is -0.269. The van der Waals surface area contributed by atoms with Crippen molar-refractivity contribution in [2.24, 2.45) is 0 Å². The molecule has 3 saturated heterocycles. The van der Waals surface area contributed by atoms with Gasteiger partial charge in [0.25, 0.3) is 0 Å². The predicted molar refractivity (Wildman–Crippen MR) is 148 cm³/mol. The average Bonchev–Trinajstić information content (AvgIpc) is 3.61. The minimum absolute atomic E-state index is 0.0310. The van der Waals surface area contributed by atoms with Crippen molar-refractivity contribution in [1.82, 2.24) is 14.9 Å². The summed E-state index contributed by atoms with van der Waals surface area (Å²) in [7, 11) is 0. The number of carbonyl (C=O) groups excluding carboxylic acids is 1. The van der Waals surface area contributed by atoms with Gasteiger partial charge in [-0.1, -0.05) is 6.08 Å². The van der Waals surface area contributed by atoms with Crippen molar-refractivity contribution in [3.8, 4) is 5.75 Å². The van der Waals surface area contributed by atoms with Crippen molar-refractivity contribution in [1.29, 1.82) is 0 Å². The summed E-state index contributed by atoms with van der Waals surface area (Å²) < 4.78 is 37.1. The van der Waals surface area contributed by atoms with Crippen LogP contribution in [0.15, 0.2) is 48.8 Å². The molecule has 10 heteroatoms. The second kappa shape index (κ2) is 12.0. The van der Waals surface area contributed by atoms with Crippen molar-refractivity contribution < 1.29 is 28.1 Å². The number of benzene rings is 2. The highest BCUT2D eigenvalue weighted by Crippen LogP contribution is 2.32. The standard InChI is InChI=1S/C30H33FN4O5/c1-19-11-21(4-5-25(19)31)34-30-24-13-20(27(14-26(24)32-18-33-30)40-23-6-8-37-17-23)12-22(36)3-2-7-35-15-28-29(16-35)39-10-9-38-28/h2-5,11,13-14,18,23,28-29H,6-10,12,15-17H2,1H3,(H,32,33,34)/b3-2+/t23-,28-,29-/m0/s1. The Morgan fingerprint density at radius 3 is 2.73 bits per heavy atom. The van der Waals surface area contributed by atoms with Crippen LogP contribution in [-0.4, -0.2) is 85.0 Å². The Bertz CT molecular complexity index is 1400. The van der Waals surface area contributed by atoms with E-state index < -0.39 is 0 Å². The van der Waals surface area contributed by atoms with Gasteiger partial charge in [0.05, 0.1) is 44.2 Å². The second-order valence-corrected chi connectivity index (χ2v) is 10.5. The molecule has 3 fully saturated rings. The Balaban J connectivity index is 1.21. The first-order chi connectivity index (χ1) is 19.5. The lowest BCUT2D eigenvalue weighted by Gasteiger charge is -2.24. The molecule has 4 heterocycles. The third-order valence-electron chi connectivity index (χ3n) is 7.49. The van der Waals surface area contributed by atoms with Gasteiger partial charge in [0, 0.05) is 55.2 Å². The molecule has 0 radical (unpaired) electrons. The van der Waals surface area contributed by atoms with Crippen LogP contribution < -0.4 is 10.1 Å². The van der Waals surface area contributed by atoms with Gasteiger partial charge in [-0.15, -0.1) is 0 Å². The van der Waals surface area contributed by atoms with Crippen LogP contribution >= 0.6 is 0 Å². The lowest BCUT2D eigenvalue weighted by Crippen LogP contribution is -2.36. The van der Waals surface area contributed by atoms with Crippen LogP contribution in [-0.2, 0) is 25.4 Å². The zero-order valence-electron chi connectivity index (χ0n) is 22.5. The first-order valence-electron chi connectivity index (χ1n) is 13.7. The summed E-state index contributed by atoms with van der Waals surface area (Å²) in [5.74, 6) is 0.881. The first-order valence-corrected chi connectivity index (χ1v) is 13.7. The van der Waals surface area contributed by atoms with Crippen molar-refractivity contribution >= 4 is 28.2 Å². The molecular weight excluding hydrogens is 515 g/mol. The van der Waals surface area contributed by atoms with Gasteiger partial charge < -0.3 is 24.3 Å². The van der Waals surface area contributed by atoms with Gasteiger partial charge in [0.1, 0.15) is 29.8 Å². The molecule has 0 unspecified atom stereocenters. The first kappa shape index (κ1) is 26.8. The molecule has 0 spiro atoms. The van der Waals surface area contributed by atoms with Gasteiger partial charge in [-0.25, -0.2) is 14.4 Å². The maximum absolute atomic E-state index is 13.8. The van der Waals surface area contributed by atoms with Crippen LogP contribution in [0.5, 0.6) is 5.75 Å². The highest BCUT2D eigenvalue weighted by molar-refractivity contribution is 5.96. The largest absolute Gasteiger partial charge is 0.488 e. The van der Waals surface area contributed by atoms with Crippen molar-refractivity contribution in [2.45, 2.75) is 38.1 Å². The maximum atomic E-state index is 13.8. The molecule has 0 bridgehead atoms. The van der Waals surface area contributed by atoms with Gasteiger partial charge >= 0.3 is 0 Å². The second-order valence-electron chi connectivity index (χ2n) is 10.5. The number of aromatic nitrogens is 2. The molecule has 3 aromatic rings. The van der Waals surface area contributed by atoms with Crippen LogP contribution in [0.1, 0.15) is 17.5 Å². The van der Waals surface area contributed by atoms with E-state index in [-0.39, 0.29) is 36.3 Å². The predicted octanol–water partition coefficient (Wildman–Crippen LogP) is 3.76. The molecule has 40 heavy (non-hydrogen) atoms. The van der Waals surface area contributed by atoms with Crippen molar-refractivity contribution in [2.75, 3.05) is 51.4 Å². The SMILES string of the molecule is Cc1cc(Nc2ncnc3cc(O[C@H]4CCOC4)c(CC(=O)/C=C/CN4C[C@@H]5OCCO[C@H]5C4)cc23)ccc1F. The molecule has 0 saturated carbocycles. The number of hydrogen-bond donors (Lipinski definition) is 1. The number of likely N-dealkylation sites (tertiary alicyclic amines) is 1. The number of nitrogens with one attached hydrogen (secondary N) is 1. The summed E-state index contributed by atoms with van der Waals surface area (Å²) in [6, 6.07) is 8.57. The van der Waals surface area contributed by atoms with Crippen LogP contribution in [0, 0.1) is 12.7 Å². The quantitative estimate of drug-likeness (QED) is 0.401. The summed E-state index contributed by atoms with van der Waals surface area (Å²) in [6.07, 6.45) is 6.11. The Labute approximate surface area is 232 Å². The number of ether oxygens (including phenoxy) is 4. The summed E-state index contributed by atoms with van der Waals surface area (Å²) >= 11 is 0. The topological polar surface area (TPSA) is 95.0 Å². The van der Waals surface area contributed by atoms with E-state index in [0.717, 1.165) is 30.5 Å². The number of rotatable bonds is 9. The van der Waals surface area contributed by atoms with E-state index in [0.29, 0.717) is 61.3 Å². The number of aryl methyl sites for hydroxylation is 1. The van der Waals surface area contributed by atoms with Gasteiger partial charge in [-0.05, 0) is 42.8 Å². The molecule has 9 nitrogen and oxygen atoms in total. The lowest BCUT2D eigenvalue weighted by atomic mass is 10.0. The van der Waals surface area contributed by atoms with Crippen LogP contribution in [0.4, 0.5) is 15.9 Å². The fourth-order valence-electron chi connectivity index (χ4n) is 5.39. The molecule has 1 aromatic heterocycles. The van der Waals surface area contributed by atoms with E-state index in [1.165, 1.54) is 12.4 Å². The normalized spacial score (nSPS) is 23.1. The van der Waals surface area contributed by atoms with E-state index >= 15 is 0 Å². The number of carbonyl (C=O) groups is 1. The van der Waals surface area contributed by atoms with E-state index in [4.69, 9.17) is 18.9 Å². The number of fused-ring (bicyclic) bond motifs is 2. The number of ketones is 1. The number of hydrogen-bond acceptors (Lipinski definition) is 9.